The Morgan fingerprint density at radius 2 is 1.76 bits per heavy atom. The summed E-state index contributed by atoms with van der Waals surface area (Å²) in [6.45, 7) is 3.57. The molecule has 0 aliphatic carbocycles. The normalized spacial score (nSPS) is 11.6. The number of nitrogens with zero attached hydrogens (tertiary/aromatic N) is 4. The third kappa shape index (κ3) is 3.08. The van der Waals surface area contributed by atoms with E-state index in [2.05, 4.69) is 15.1 Å². The number of pyridine rings is 1. The van der Waals surface area contributed by atoms with Crippen LogP contribution in [0.1, 0.15) is 18.3 Å². The summed E-state index contributed by atoms with van der Waals surface area (Å²) < 4.78 is 11.8. The Bertz CT molecular complexity index is 1010. The molecule has 3 rings (SSSR count). The molecule has 2 aromatic heterocycles. The van der Waals surface area contributed by atoms with E-state index in [-0.39, 0.29) is 5.56 Å². The van der Waals surface area contributed by atoms with Gasteiger partial charge in [0.2, 0.25) is 0 Å². The number of fused-ring (bicyclic) bond motifs is 1. The van der Waals surface area contributed by atoms with Crippen molar-refractivity contribution in [2.75, 3.05) is 14.2 Å². The van der Waals surface area contributed by atoms with Crippen LogP contribution < -0.4 is 15.0 Å². The lowest BCUT2D eigenvalue weighted by atomic mass is 10.2. The van der Waals surface area contributed by atoms with Gasteiger partial charge in [-0.2, -0.15) is 9.78 Å². The van der Waals surface area contributed by atoms with Crippen LogP contribution in [0.2, 0.25) is 0 Å². The van der Waals surface area contributed by atoms with Crippen LogP contribution in [-0.4, -0.2) is 34.6 Å². The summed E-state index contributed by atoms with van der Waals surface area (Å²) in [6, 6.07) is 6.98. The van der Waals surface area contributed by atoms with E-state index in [0.717, 1.165) is 5.56 Å². The number of ether oxygens (including phenoxy) is 2. The third-order valence-corrected chi connectivity index (χ3v) is 3.86. The monoisotopic (exact) mass is 338 g/mol. The van der Waals surface area contributed by atoms with Crippen LogP contribution in [-0.2, 0) is 0 Å². The van der Waals surface area contributed by atoms with Crippen molar-refractivity contribution in [3.8, 4) is 11.5 Å². The molecule has 1 aromatic carbocycles. The average Bonchev–Trinajstić information content (AvgIpc) is 2.64. The highest BCUT2D eigenvalue weighted by Gasteiger charge is 2.13. The van der Waals surface area contributed by atoms with Crippen LogP contribution in [0, 0.1) is 6.92 Å². The van der Waals surface area contributed by atoms with E-state index in [0.29, 0.717) is 33.9 Å². The first-order chi connectivity index (χ1) is 12.0. The molecule has 0 saturated heterocycles. The van der Waals surface area contributed by atoms with Gasteiger partial charge in [0.25, 0.3) is 5.56 Å². The van der Waals surface area contributed by atoms with Gasteiger partial charge >= 0.3 is 0 Å². The molecule has 0 aliphatic heterocycles. The van der Waals surface area contributed by atoms with Crippen molar-refractivity contribution in [2.45, 2.75) is 13.8 Å². The van der Waals surface area contributed by atoms with Gasteiger partial charge in [-0.25, -0.2) is 4.98 Å². The smallest absolute Gasteiger partial charge is 0.282 e. The van der Waals surface area contributed by atoms with Gasteiger partial charge in [0.05, 0.1) is 30.8 Å². The summed E-state index contributed by atoms with van der Waals surface area (Å²) in [7, 11) is 3.07. The van der Waals surface area contributed by atoms with Crippen molar-refractivity contribution < 1.29 is 9.47 Å². The molecule has 2 heterocycles. The number of methoxy groups -OCH3 is 2. The second-order valence-electron chi connectivity index (χ2n) is 5.42. The van der Waals surface area contributed by atoms with Gasteiger partial charge in [-0.05, 0) is 32.0 Å². The largest absolute Gasteiger partial charge is 0.493 e. The molecule has 0 unspecified atom stereocenters. The highest BCUT2D eigenvalue weighted by Crippen LogP contribution is 2.30. The molecule has 128 valence electrons. The molecule has 0 spiro atoms. The summed E-state index contributed by atoms with van der Waals surface area (Å²) in [5.74, 6) is 1.48. The highest BCUT2D eigenvalue weighted by molar-refractivity contribution is 5.98. The van der Waals surface area contributed by atoms with Gasteiger partial charge in [-0.3, -0.25) is 9.78 Å². The van der Waals surface area contributed by atoms with Crippen molar-refractivity contribution in [1.29, 1.82) is 0 Å². The molecule has 0 N–H and O–H groups in total. The number of aryl methyl sites for hydroxylation is 1. The lowest BCUT2D eigenvalue weighted by Crippen LogP contribution is -2.22. The van der Waals surface area contributed by atoms with Gasteiger partial charge < -0.3 is 9.47 Å². The lowest BCUT2D eigenvalue weighted by Gasteiger charge is -2.11. The van der Waals surface area contributed by atoms with Gasteiger partial charge in [-0.1, -0.05) is 0 Å². The Labute approximate surface area is 144 Å². The standard InChI is InChI=1S/C18H18N4O3/c1-11(13-5-7-19-8-6-13)21-22-12(2)20-15-10-17(25-4)16(24-3)9-14(15)18(22)23/h5-10H,1-4H3. The zero-order valence-electron chi connectivity index (χ0n) is 14.5. The van der Waals surface area contributed by atoms with E-state index in [4.69, 9.17) is 9.47 Å². The maximum atomic E-state index is 12.9. The fourth-order valence-electron chi connectivity index (χ4n) is 2.53. The van der Waals surface area contributed by atoms with E-state index >= 15 is 0 Å². The summed E-state index contributed by atoms with van der Waals surface area (Å²) in [5.41, 5.74) is 1.84. The van der Waals surface area contributed by atoms with Gasteiger partial charge in [-0.15, -0.1) is 0 Å². The molecule has 0 bridgehead atoms. The number of rotatable bonds is 4. The van der Waals surface area contributed by atoms with Crippen molar-refractivity contribution in [2.24, 2.45) is 5.10 Å². The highest BCUT2D eigenvalue weighted by atomic mass is 16.5. The molecule has 0 amide bonds. The molecule has 0 aliphatic rings. The number of hydrogen-bond donors (Lipinski definition) is 0. The minimum absolute atomic E-state index is 0.267. The van der Waals surface area contributed by atoms with Crippen LogP contribution >= 0.6 is 0 Å². The second-order valence-corrected chi connectivity index (χ2v) is 5.42. The number of benzene rings is 1. The Kier molecular flexibility index (Phi) is 4.47. The fraction of sp³-hybridized carbons (Fsp3) is 0.222. The molecule has 0 fully saturated rings. The zero-order chi connectivity index (χ0) is 18.0. The molecular weight excluding hydrogens is 320 g/mol. The van der Waals surface area contributed by atoms with Crippen molar-refractivity contribution in [1.82, 2.24) is 14.6 Å². The van der Waals surface area contributed by atoms with Crippen LogP contribution in [0.4, 0.5) is 0 Å². The summed E-state index contributed by atoms with van der Waals surface area (Å²) >= 11 is 0. The second kappa shape index (κ2) is 6.72. The lowest BCUT2D eigenvalue weighted by molar-refractivity contribution is 0.355. The first kappa shape index (κ1) is 16.6. The quantitative estimate of drug-likeness (QED) is 0.683. The minimum Gasteiger partial charge on any atom is -0.493 e. The maximum Gasteiger partial charge on any atom is 0.282 e. The molecular formula is C18H18N4O3. The fourth-order valence-corrected chi connectivity index (χ4v) is 2.53. The predicted octanol–water partition coefficient (Wildman–Crippen LogP) is 2.39. The summed E-state index contributed by atoms with van der Waals surface area (Å²) in [4.78, 5) is 21.4. The van der Waals surface area contributed by atoms with Crippen molar-refractivity contribution >= 4 is 16.6 Å². The molecule has 3 aromatic rings. The van der Waals surface area contributed by atoms with Crippen molar-refractivity contribution in [3.05, 3.63) is 58.4 Å². The van der Waals surface area contributed by atoms with E-state index < -0.39 is 0 Å². The van der Waals surface area contributed by atoms with Crippen LogP contribution in [0.25, 0.3) is 10.9 Å². The van der Waals surface area contributed by atoms with Crippen LogP contribution in [0.5, 0.6) is 11.5 Å². The van der Waals surface area contributed by atoms with Crippen molar-refractivity contribution in [3.63, 3.8) is 0 Å². The zero-order valence-corrected chi connectivity index (χ0v) is 14.5. The first-order valence-corrected chi connectivity index (χ1v) is 7.66. The number of aromatic nitrogens is 3. The van der Waals surface area contributed by atoms with Crippen LogP contribution in [0.3, 0.4) is 0 Å². The van der Waals surface area contributed by atoms with Crippen LogP contribution in [0.15, 0.2) is 46.6 Å². The molecule has 7 heteroatoms. The van der Waals surface area contributed by atoms with Gasteiger partial charge in [0, 0.05) is 24.0 Å². The number of hydrogen-bond acceptors (Lipinski definition) is 6. The van der Waals surface area contributed by atoms with Gasteiger partial charge in [0.15, 0.2) is 11.5 Å². The summed E-state index contributed by atoms with van der Waals surface area (Å²) in [5, 5.41) is 4.85. The van der Waals surface area contributed by atoms with E-state index in [1.165, 1.54) is 11.8 Å². The molecule has 7 nitrogen and oxygen atoms in total. The summed E-state index contributed by atoms with van der Waals surface area (Å²) in [6.07, 6.45) is 3.36. The first-order valence-electron chi connectivity index (χ1n) is 7.66. The van der Waals surface area contributed by atoms with Gasteiger partial charge in [0.1, 0.15) is 5.82 Å². The SMILES string of the molecule is COc1cc2nc(C)n(N=C(C)c3ccncc3)c(=O)c2cc1OC. The Morgan fingerprint density at radius 3 is 2.40 bits per heavy atom. The topological polar surface area (TPSA) is 78.6 Å². The molecule has 0 atom stereocenters. The predicted molar refractivity (Wildman–Crippen MR) is 95.7 cm³/mol. The molecule has 0 radical (unpaired) electrons. The van der Waals surface area contributed by atoms with E-state index in [1.807, 2.05) is 19.1 Å². The van der Waals surface area contributed by atoms with E-state index in [1.54, 1.807) is 38.6 Å². The Hall–Kier alpha value is -3.22. The van der Waals surface area contributed by atoms with E-state index in [9.17, 15) is 4.79 Å². The minimum atomic E-state index is -0.267. The molecule has 25 heavy (non-hydrogen) atoms. The third-order valence-electron chi connectivity index (χ3n) is 3.86. The average molecular weight is 338 g/mol. The Balaban J connectivity index is 2.21. The molecule has 0 saturated carbocycles. The Morgan fingerprint density at radius 1 is 1.12 bits per heavy atom. The maximum absolute atomic E-state index is 12.9.